The molecule has 0 bridgehead atoms. The van der Waals surface area contributed by atoms with Crippen LogP contribution in [0.15, 0.2) is 22.7 Å². The Morgan fingerprint density at radius 3 is 2.59 bits per heavy atom. The molecule has 1 saturated heterocycles. The van der Waals surface area contributed by atoms with Crippen LogP contribution in [-0.4, -0.2) is 52.1 Å². The van der Waals surface area contributed by atoms with Gasteiger partial charge in [-0.25, -0.2) is 14.8 Å². The Bertz CT molecular complexity index is 1030. The maximum absolute atomic E-state index is 13.2. The first kappa shape index (κ1) is 23.1. The Balaban J connectivity index is 1.56. The van der Waals surface area contributed by atoms with Crippen molar-refractivity contribution in [3.8, 4) is 0 Å². The van der Waals surface area contributed by atoms with Crippen molar-refractivity contribution in [2.45, 2.75) is 32.2 Å². The van der Waals surface area contributed by atoms with E-state index in [1.165, 1.54) is 0 Å². The predicted molar refractivity (Wildman–Crippen MR) is 115 cm³/mol. The third-order valence-corrected chi connectivity index (χ3v) is 6.03. The summed E-state index contributed by atoms with van der Waals surface area (Å²) in [5.41, 5.74) is 0.999. The van der Waals surface area contributed by atoms with Crippen molar-refractivity contribution < 1.29 is 22.7 Å². The van der Waals surface area contributed by atoms with Crippen LogP contribution >= 0.6 is 27.5 Å². The molecule has 0 spiro atoms. The normalized spacial score (nSPS) is 17.3. The van der Waals surface area contributed by atoms with E-state index in [2.05, 4.69) is 31.2 Å². The summed E-state index contributed by atoms with van der Waals surface area (Å²) in [6, 6.07) is 3.12. The zero-order valence-corrected chi connectivity index (χ0v) is 19.4. The lowest BCUT2D eigenvalue weighted by molar-refractivity contribution is -0.137. The first-order valence-electron chi connectivity index (χ1n) is 9.93. The third-order valence-electron chi connectivity index (χ3n) is 5.41. The average Bonchev–Trinajstić information content (AvgIpc) is 3.17. The van der Waals surface area contributed by atoms with Crippen LogP contribution in [-0.2, 0) is 24.0 Å². The third kappa shape index (κ3) is 4.94. The molecule has 2 aliphatic rings. The van der Waals surface area contributed by atoms with Crippen LogP contribution in [0.25, 0.3) is 0 Å². The second kappa shape index (κ2) is 9.03. The molecule has 172 valence electrons. The van der Waals surface area contributed by atoms with E-state index in [0.717, 1.165) is 12.1 Å². The van der Waals surface area contributed by atoms with E-state index in [9.17, 15) is 18.0 Å². The maximum Gasteiger partial charge on any atom is 0.416 e. The van der Waals surface area contributed by atoms with Gasteiger partial charge in [-0.1, -0.05) is 15.9 Å². The topological polar surface area (TPSA) is 70.6 Å². The van der Waals surface area contributed by atoms with E-state index >= 15 is 0 Å². The van der Waals surface area contributed by atoms with Crippen molar-refractivity contribution in [1.29, 1.82) is 0 Å². The molecule has 1 N–H and O–H groups in total. The number of carbonyl (C=O) groups excluding carboxylic acids is 1. The Labute approximate surface area is 196 Å². The van der Waals surface area contributed by atoms with Crippen LogP contribution in [0.4, 0.5) is 23.8 Å². The molecule has 2 aromatic rings. The number of anilines is 1. The fraction of sp³-hybridized carbons (Fsp3) is 0.450. The lowest BCUT2D eigenvalue weighted by atomic mass is 10.0. The lowest BCUT2D eigenvalue weighted by Crippen LogP contribution is -2.46. The largest absolute Gasteiger partial charge is 0.416 e. The van der Waals surface area contributed by atoms with Gasteiger partial charge < -0.3 is 19.9 Å². The molecule has 0 aliphatic carbocycles. The number of nitrogens with zero attached hydrogens (tertiary/aromatic N) is 4. The molecule has 3 heterocycles. The molecule has 0 radical (unpaired) electrons. The number of hydrogen-bond donors (Lipinski definition) is 1. The first-order valence-corrected chi connectivity index (χ1v) is 11.1. The van der Waals surface area contributed by atoms with Crippen molar-refractivity contribution in [3.05, 3.63) is 50.3 Å². The van der Waals surface area contributed by atoms with Crippen LogP contribution in [0.1, 0.15) is 35.3 Å². The molecule has 0 saturated carbocycles. The number of benzene rings is 1. The van der Waals surface area contributed by atoms with E-state index in [1.54, 1.807) is 22.8 Å². The van der Waals surface area contributed by atoms with Crippen LogP contribution in [0.3, 0.4) is 0 Å². The number of amides is 2. The molecule has 4 rings (SSSR count). The summed E-state index contributed by atoms with van der Waals surface area (Å²) in [4.78, 5) is 24.7. The molecule has 1 atom stereocenters. The van der Waals surface area contributed by atoms with Gasteiger partial charge in [0.25, 0.3) is 0 Å². The minimum atomic E-state index is -4.46. The first-order chi connectivity index (χ1) is 15.1. The Kier molecular flexibility index (Phi) is 6.51. The van der Waals surface area contributed by atoms with Gasteiger partial charge in [0.1, 0.15) is 5.82 Å². The van der Waals surface area contributed by atoms with E-state index < -0.39 is 17.8 Å². The quantitative estimate of drug-likeness (QED) is 0.570. The summed E-state index contributed by atoms with van der Waals surface area (Å²) in [6.07, 6.45) is -4.46. The highest BCUT2D eigenvalue weighted by molar-refractivity contribution is 9.10. The average molecular weight is 535 g/mol. The van der Waals surface area contributed by atoms with Crippen LogP contribution < -0.4 is 5.32 Å². The van der Waals surface area contributed by atoms with Gasteiger partial charge in [-0.3, -0.25) is 0 Å². The molecule has 1 aromatic carbocycles. The van der Waals surface area contributed by atoms with Crippen molar-refractivity contribution in [3.63, 3.8) is 0 Å². The minimum Gasteiger partial charge on any atom is -0.378 e. The van der Waals surface area contributed by atoms with Gasteiger partial charge in [0.2, 0.25) is 5.28 Å². The van der Waals surface area contributed by atoms with Gasteiger partial charge >= 0.3 is 12.2 Å². The number of hydrogen-bond acceptors (Lipinski definition) is 5. The van der Waals surface area contributed by atoms with Gasteiger partial charge in [-0.2, -0.15) is 13.2 Å². The second-order valence-corrected chi connectivity index (χ2v) is 8.90. The second-order valence-electron chi connectivity index (χ2n) is 7.64. The number of fused-ring (bicyclic) bond motifs is 1. The standard InChI is InChI=1S/C20H20BrClF3N5O2/c1-11(12-6-13(20(23,24)25)8-14(21)7-12)26-17-15-9-30(10-16(15)27-18(22)28-17)19(31)29-2-4-32-5-3-29/h6-8,11H,2-5,9-10H2,1H3,(H,26,27,28)/t11-/m1/s1. The number of carbonyl (C=O) groups is 1. The van der Waals surface area contributed by atoms with Gasteiger partial charge in [-0.15, -0.1) is 0 Å². The van der Waals surface area contributed by atoms with Crippen molar-refractivity contribution in [2.24, 2.45) is 0 Å². The predicted octanol–water partition coefficient (Wildman–Crippen LogP) is 4.85. The summed E-state index contributed by atoms with van der Waals surface area (Å²) in [6.45, 7) is 4.32. The Hall–Kier alpha value is -2.11. The number of morpholine rings is 1. The highest BCUT2D eigenvalue weighted by Crippen LogP contribution is 2.35. The van der Waals surface area contributed by atoms with Crippen molar-refractivity contribution in [1.82, 2.24) is 19.8 Å². The Morgan fingerprint density at radius 1 is 1.19 bits per heavy atom. The number of nitrogens with one attached hydrogen (secondary N) is 1. The molecule has 12 heteroatoms. The summed E-state index contributed by atoms with van der Waals surface area (Å²) in [7, 11) is 0. The molecule has 7 nitrogen and oxygen atoms in total. The van der Waals surface area contributed by atoms with E-state index in [4.69, 9.17) is 16.3 Å². The van der Waals surface area contributed by atoms with Crippen molar-refractivity contribution >= 4 is 39.4 Å². The monoisotopic (exact) mass is 533 g/mol. The number of urea groups is 1. The summed E-state index contributed by atoms with van der Waals surface area (Å²) in [5.74, 6) is 0.401. The SMILES string of the molecule is C[C@@H](Nc1nc(Cl)nc2c1CN(C(=O)N1CCOCC1)C2)c1cc(Br)cc(C(F)(F)F)c1. The molecule has 2 amide bonds. The van der Waals surface area contributed by atoms with E-state index in [-0.39, 0.29) is 24.4 Å². The smallest absolute Gasteiger partial charge is 0.378 e. The number of rotatable bonds is 3. The minimum absolute atomic E-state index is 0.00402. The van der Waals surface area contributed by atoms with Crippen LogP contribution in [0.5, 0.6) is 0 Å². The molecule has 0 unspecified atom stereocenters. The van der Waals surface area contributed by atoms with Crippen LogP contribution in [0, 0.1) is 0 Å². The number of aromatic nitrogens is 2. The highest BCUT2D eigenvalue weighted by Gasteiger charge is 2.33. The van der Waals surface area contributed by atoms with Crippen molar-refractivity contribution in [2.75, 3.05) is 31.6 Å². The van der Waals surface area contributed by atoms with Gasteiger partial charge in [0.05, 0.1) is 43.6 Å². The number of ether oxygens (including phenoxy) is 1. The molecular formula is C20H20BrClF3N5O2. The zero-order chi connectivity index (χ0) is 23.0. The molecule has 2 aliphatic heterocycles. The van der Waals surface area contributed by atoms with E-state index in [1.807, 2.05) is 0 Å². The van der Waals surface area contributed by atoms with Gasteiger partial charge in [-0.05, 0) is 42.3 Å². The summed E-state index contributed by atoms with van der Waals surface area (Å²) >= 11 is 9.25. The number of alkyl halides is 3. The maximum atomic E-state index is 13.2. The zero-order valence-electron chi connectivity index (χ0n) is 17.0. The highest BCUT2D eigenvalue weighted by atomic mass is 79.9. The molecule has 1 fully saturated rings. The van der Waals surface area contributed by atoms with Gasteiger partial charge in [0, 0.05) is 23.1 Å². The molecule has 32 heavy (non-hydrogen) atoms. The lowest BCUT2D eigenvalue weighted by Gasteiger charge is -2.30. The summed E-state index contributed by atoms with van der Waals surface area (Å²) < 4.78 is 45.3. The summed E-state index contributed by atoms with van der Waals surface area (Å²) in [5, 5.41) is 3.15. The van der Waals surface area contributed by atoms with Crippen LogP contribution in [0.2, 0.25) is 5.28 Å². The molecular weight excluding hydrogens is 515 g/mol. The molecule has 1 aromatic heterocycles. The fourth-order valence-corrected chi connectivity index (χ4v) is 4.45. The Morgan fingerprint density at radius 2 is 1.91 bits per heavy atom. The van der Waals surface area contributed by atoms with Gasteiger partial charge in [0.15, 0.2) is 0 Å². The number of halogens is 5. The fourth-order valence-electron chi connectivity index (χ4n) is 3.75. The van der Waals surface area contributed by atoms with E-state index in [0.29, 0.717) is 53.4 Å².